The molecular formula is C8H10ClNO. The van der Waals surface area contributed by atoms with E-state index in [1.807, 2.05) is 6.92 Å². The Morgan fingerprint density at radius 3 is 2.82 bits per heavy atom. The molecule has 2 nitrogen and oxygen atoms in total. The normalized spacial score (nSPS) is 9.64. The minimum atomic E-state index is 0.562. The van der Waals surface area contributed by atoms with Crippen molar-refractivity contribution in [3.05, 3.63) is 23.2 Å². The highest BCUT2D eigenvalue weighted by atomic mass is 35.5. The molecule has 0 aliphatic rings. The summed E-state index contributed by atoms with van der Waals surface area (Å²) in [5.41, 5.74) is 6.18. The molecule has 1 aromatic rings. The summed E-state index contributed by atoms with van der Waals surface area (Å²) in [5.74, 6) is 0.580. The molecule has 0 saturated heterocycles. The number of anilines is 1. The van der Waals surface area contributed by atoms with Crippen molar-refractivity contribution in [3.63, 3.8) is 0 Å². The van der Waals surface area contributed by atoms with E-state index in [1.165, 1.54) is 0 Å². The van der Waals surface area contributed by atoms with Crippen LogP contribution in [0.5, 0.6) is 5.75 Å². The lowest BCUT2D eigenvalue weighted by Crippen LogP contribution is -1.96. The van der Waals surface area contributed by atoms with Crippen LogP contribution in [0.1, 0.15) is 6.92 Å². The maximum Gasteiger partial charge on any atom is 0.160 e. The molecule has 1 rings (SSSR count). The van der Waals surface area contributed by atoms with Crippen LogP contribution < -0.4 is 10.5 Å². The van der Waals surface area contributed by atoms with Gasteiger partial charge >= 0.3 is 0 Å². The van der Waals surface area contributed by atoms with Crippen LogP contribution in [-0.2, 0) is 0 Å². The summed E-state index contributed by atoms with van der Waals surface area (Å²) in [7, 11) is 0. The van der Waals surface area contributed by atoms with Crippen LogP contribution in [-0.4, -0.2) is 6.61 Å². The van der Waals surface area contributed by atoms with Gasteiger partial charge in [-0.2, -0.15) is 0 Å². The molecule has 0 aliphatic carbocycles. The third-order valence-corrected chi connectivity index (χ3v) is 1.58. The molecule has 2 N–H and O–H groups in total. The number of hydrogen-bond acceptors (Lipinski definition) is 2. The van der Waals surface area contributed by atoms with Gasteiger partial charge in [0.05, 0.1) is 17.3 Å². The van der Waals surface area contributed by atoms with E-state index in [-0.39, 0.29) is 0 Å². The summed E-state index contributed by atoms with van der Waals surface area (Å²) in [4.78, 5) is 0. The van der Waals surface area contributed by atoms with Crippen molar-refractivity contribution in [2.45, 2.75) is 6.92 Å². The molecule has 0 aliphatic heterocycles. The smallest absolute Gasteiger partial charge is 0.160 e. The molecule has 0 bridgehead atoms. The van der Waals surface area contributed by atoms with E-state index in [4.69, 9.17) is 22.1 Å². The van der Waals surface area contributed by atoms with Crippen LogP contribution in [0, 0.1) is 0 Å². The lowest BCUT2D eigenvalue weighted by molar-refractivity contribution is 0.342. The SMILES string of the molecule is CCOc1c(N)cccc1Cl. The first-order valence-electron chi connectivity index (χ1n) is 3.42. The first kappa shape index (κ1) is 8.21. The predicted molar refractivity (Wildman–Crippen MR) is 47.0 cm³/mol. The highest BCUT2D eigenvalue weighted by Gasteiger charge is 2.02. The largest absolute Gasteiger partial charge is 0.490 e. The molecule has 0 unspecified atom stereocenters. The van der Waals surface area contributed by atoms with Crippen molar-refractivity contribution in [1.29, 1.82) is 0 Å². The molecule has 0 spiro atoms. The highest BCUT2D eigenvalue weighted by Crippen LogP contribution is 2.30. The Morgan fingerprint density at radius 1 is 1.55 bits per heavy atom. The molecule has 0 atom stereocenters. The highest BCUT2D eigenvalue weighted by molar-refractivity contribution is 6.32. The number of para-hydroxylation sites is 1. The topological polar surface area (TPSA) is 35.2 Å². The predicted octanol–water partition coefficient (Wildman–Crippen LogP) is 2.32. The van der Waals surface area contributed by atoms with Crippen LogP contribution in [0.3, 0.4) is 0 Å². The summed E-state index contributed by atoms with van der Waals surface area (Å²) in [6, 6.07) is 5.31. The van der Waals surface area contributed by atoms with Crippen molar-refractivity contribution >= 4 is 17.3 Å². The van der Waals surface area contributed by atoms with E-state index < -0.39 is 0 Å². The first-order chi connectivity index (χ1) is 5.25. The molecule has 0 amide bonds. The van der Waals surface area contributed by atoms with Crippen LogP contribution in [0.25, 0.3) is 0 Å². The van der Waals surface area contributed by atoms with Crippen LogP contribution in [0.4, 0.5) is 5.69 Å². The average Bonchev–Trinajstić information content (AvgIpc) is 1.97. The zero-order valence-electron chi connectivity index (χ0n) is 6.30. The van der Waals surface area contributed by atoms with Gasteiger partial charge in [-0.05, 0) is 19.1 Å². The van der Waals surface area contributed by atoms with E-state index in [0.29, 0.717) is 23.1 Å². The lowest BCUT2D eigenvalue weighted by atomic mass is 10.3. The number of benzene rings is 1. The van der Waals surface area contributed by atoms with Gasteiger partial charge in [0, 0.05) is 0 Å². The van der Waals surface area contributed by atoms with Crippen molar-refractivity contribution < 1.29 is 4.74 Å². The molecule has 0 radical (unpaired) electrons. The van der Waals surface area contributed by atoms with Crippen LogP contribution >= 0.6 is 11.6 Å². The van der Waals surface area contributed by atoms with Gasteiger partial charge in [-0.3, -0.25) is 0 Å². The summed E-state index contributed by atoms with van der Waals surface area (Å²) >= 11 is 5.80. The number of halogens is 1. The van der Waals surface area contributed by atoms with Gasteiger partial charge in [0.1, 0.15) is 0 Å². The van der Waals surface area contributed by atoms with E-state index in [2.05, 4.69) is 0 Å². The van der Waals surface area contributed by atoms with Gasteiger partial charge < -0.3 is 10.5 Å². The molecule has 11 heavy (non-hydrogen) atoms. The van der Waals surface area contributed by atoms with Crippen molar-refractivity contribution in [1.82, 2.24) is 0 Å². The summed E-state index contributed by atoms with van der Waals surface area (Å²) in [6.45, 7) is 2.47. The fraction of sp³-hybridized carbons (Fsp3) is 0.250. The molecule has 0 aromatic heterocycles. The lowest BCUT2D eigenvalue weighted by Gasteiger charge is -2.07. The van der Waals surface area contributed by atoms with Crippen LogP contribution in [0.2, 0.25) is 5.02 Å². The van der Waals surface area contributed by atoms with E-state index in [9.17, 15) is 0 Å². The average molecular weight is 172 g/mol. The van der Waals surface area contributed by atoms with Gasteiger partial charge in [-0.1, -0.05) is 17.7 Å². The van der Waals surface area contributed by atoms with Gasteiger partial charge in [-0.15, -0.1) is 0 Å². The Hall–Kier alpha value is -0.890. The second kappa shape index (κ2) is 3.49. The number of nitrogen functional groups attached to an aromatic ring is 1. The molecule has 0 heterocycles. The maximum atomic E-state index is 5.80. The Kier molecular flexibility index (Phi) is 2.60. The minimum absolute atomic E-state index is 0.562. The molecule has 0 fully saturated rings. The van der Waals surface area contributed by atoms with E-state index in [0.717, 1.165) is 0 Å². The van der Waals surface area contributed by atoms with Crippen molar-refractivity contribution in [2.24, 2.45) is 0 Å². The molecule has 60 valence electrons. The van der Waals surface area contributed by atoms with Gasteiger partial charge in [-0.25, -0.2) is 0 Å². The molecule has 3 heteroatoms. The summed E-state index contributed by atoms with van der Waals surface area (Å²) in [6.07, 6.45) is 0. The Morgan fingerprint density at radius 2 is 2.27 bits per heavy atom. The summed E-state index contributed by atoms with van der Waals surface area (Å²) in [5, 5.41) is 0.562. The fourth-order valence-electron chi connectivity index (χ4n) is 0.822. The molecule has 0 saturated carbocycles. The number of rotatable bonds is 2. The quantitative estimate of drug-likeness (QED) is 0.694. The number of nitrogens with two attached hydrogens (primary N) is 1. The minimum Gasteiger partial charge on any atom is -0.490 e. The fourth-order valence-corrected chi connectivity index (χ4v) is 1.06. The standard InChI is InChI=1S/C8H10ClNO/c1-2-11-8-6(9)4-3-5-7(8)10/h3-5H,2,10H2,1H3. The third kappa shape index (κ3) is 1.77. The van der Waals surface area contributed by atoms with Gasteiger partial charge in [0.25, 0.3) is 0 Å². The summed E-state index contributed by atoms with van der Waals surface area (Å²) < 4.78 is 5.21. The first-order valence-corrected chi connectivity index (χ1v) is 3.80. The molecule has 1 aromatic carbocycles. The zero-order chi connectivity index (χ0) is 8.27. The van der Waals surface area contributed by atoms with Gasteiger partial charge in [0.2, 0.25) is 0 Å². The Bertz CT molecular complexity index is 230. The zero-order valence-corrected chi connectivity index (χ0v) is 7.06. The Balaban J connectivity index is 3.00. The van der Waals surface area contributed by atoms with Gasteiger partial charge in [0.15, 0.2) is 5.75 Å². The van der Waals surface area contributed by atoms with E-state index >= 15 is 0 Å². The second-order valence-corrected chi connectivity index (χ2v) is 2.50. The van der Waals surface area contributed by atoms with Crippen LogP contribution in [0.15, 0.2) is 18.2 Å². The Labute approximate surface area is 70.9 Å². The van der Waals surface area contributed by atoms with E-state index in [1.54, 1.807) is 18.2 Å². The second-order valence-electron chi connectivity index (χ2n) is 2.09. The maximum absolute atomic E-state index is 5.80. The molecular weight excluding hydrogens is 162 g/mol. The van der Waals surface area contributed by atoms with Crippen molar-refractivity contribution in [3.8, 4) is 5.75 Å². The number of ether oxygens (including phenoxy) is 1. The third-order valence-electron chi connectivity index (χ3n) is 1.29. The monoisotopic (exact) mass is 171 g/mol. The number of hydrogen-bond donors (Lipinski definition) is 1. The van der Waals surface area contributed by atoms with Crippen molar-refractivity contribution in [2.75, 3.05) is 12.3 Å².